The van der Waals surface area contributed by atoms with Crippen LogP contribution in [0.3, 0.4) is 0 Å². The molecule has 0 spiro atoms. The Kier molecular flexibility index (Phi) is 7.92. The fourth-order valence-electron chi connectivity index (χ4n) is 4.22. The highest BCUT2D eigenvalue weighted by Crippen LogP contribution is 2.25. The third-order valence-electron chi connectivity index (χ3n) is 6.21. The summed E-state index contributed by atoms with van der Waals surface area (Å²) in [7, 11) is -0.172. The first-order valence-electron chi connectivity index (χ1n) is 11.1. The van der Waals surface area contributed by atoms with Crippen LogP contribution in [-0.2, 0) is 24.3 Å². The summed E-state index contributed by atoms with van der Waals surface area (Å²) < 4.78 is 32.9. The number of hydrogen-bond donors (Lipinski definition) is 1. The van der Waals surface area contributed by atoms with Crippen LogP contribution in [0.5, 0.6) is 0 Å². The predicted molar refractivity (Wildman–Crippen MR) is 122 cm³/mol. The quantitative estimate of drug-likeness (QED) is 0.675. The Morgan fingerprint density at radius 3 is 2.53 bits per heavy atom. The maximum absolute atomic E-state index is 13.1. The number of nitrogens with one attached hydrogen (secondary N) is 1. The SMILES string of the molecule is Cc1ccc(NC(=O)C(C)N2CCCC(C(=O)N(C)C)C2)cc1S(=O)(=O)N1CCOCC1. The van der Waals surface area contributed by atoms with Crippen molar-refractivity contribution in [3.63, 3.8) is 0 Å². The number of amides is 2. The van der Waals surface area contributed by atoms with Gasteiger partial charge in [0.1, 0.15) is 0 Å². The van der Waals surface area contributed by atoms with Gasteiger partial charge in [-0.3, -0.25) is 14.5 Å². The molecule has 2 atom stereocenters. The van der Waals surface area contributed by atoms with Crippen LogP contribution in [0.25, 0.3) is 0 Å². The van der Waals surface area contributed by atoms with Gasteiger partial charge in [-0.2, -0.15) is 4.31 Å². The summed E-state index contributed by atoms with van der Waals surface area (Å²) in [5.41, 5.74) is 1.07. The number of morpholine rings is 1. The molecule has 1 aromatic carbocycles. The van der Waals surface area contributed by atoms with Gasteiger partial charge in [0.15, 0.2) is 0 Å². The highest BCUT2D eigenvalue weighted by atomic mass is 32.2. The molecule has 2 heterocycles. The highest BCUT2D eigenvalue weighted by molar-refractivity contribution is 7.89. The van der Waals surface area contributed by atoms with Gasteiger partial charge < -0.3 is 15.0 Å². The zero-order valence-corrected chi connectivity index (χ0v) is 20.2. The van der Waals surface area contributed by atoms with Gasteiger partial charge in [0, 0.05) is 39.4 Å². The van der Waals surface area contributed by atoms with Crippen molar-refractivity contribution >= 4 is 27.5 Å². The number of likely N-dealkylation sites (tertiary alicyclic amines) is 1. The molecule has 0 aliphatic carbocycles. The number of rotatable bonds is 6. The van der Waals surface area contributed by atoms with Gasteiger partial charge in [0.05, 0.1) is 30.1 Å². The second-order valence-corrected chi connectivity index (χ2v) is 10.6. The first kappa shape index (κ1) is 24.6. The number of aryl methyl sites for hydroxylation is 1. The molecule has 178 valence electrons. The zero-order valence-electron chi connectivity index (χ0n) is 19.3. The van der Waals surface area contributed by atoms with E-state index in [1.54, 1.807) is 38.1 Å². The number of carbonyl (C=O) groups is 2. The number of nitrogens with zero attached hydrogens (tertiary/aromatic N) is 3. The van der Waals surface area contributed by atoms with E-state index in [0.717, 1.165) is 19.4 Å². The molecule has 2 unspecified atom stereocenters. The van der Waals surface area contributed by atoms with Crippen LogP contribution in [0.4, 0.5) is 5.69 Å². The van der Waals surface area contributed by atoms with Crippen LogP contribution >= 0.6 is 0 Å². The summed E-state index contributed by atoms with van der Waals surface area (Å²) in [6, 6.07) is 4.51. The second kappa shape index (κ2) is 10.3. The monoisotopic (exact) mass is 466 g/mol. The predicted octanol–water partition coefficient (Wildman–Crippen LogP) is 1.14. The van der Waals surface area contributed by atoms with Gasteiger partial charge in [-0.15, -0.1) is 0 Å². The minimum Gasteiger partial charge on any atom is -0.379 e. The third kappa shape index (κ3) is 5.48. The number of sulfonamides is 1. The molecule has 3 rings (SSSR count). The van der Waals surface area contributed by atoms with E-state index in [9.17, 15) is 18.0 Å². The summed E-state index contributed by atoms with van der Waals surface area (Å²) in [6.45, 7) is 6.23. The van der Waals surface area contributed by atoms with Crippen molar-refractivity contribution in [3.05, 3.63) is 23.8 Å². The lowest BCUT2D eigenvalue weighted by Crippen LogP contribution is -2.49. The normalized spacial score (nSPS) is 21.7. The molecule has 0 bridgehead atoms. The number of piperidine rings is 1. The molecular weight excluding hydrogens is 432 g/mol. The van der Waals surface area contributed by atoms with Crippen molar-refractivity contribution in [1.82, 2.24) is 14.1 Å². The van der Waals surface area contributed by atoms with Crippen LogP contribution < -0.4 is 5.32 Å². The first-order valence-corrected chi connectivity index (χ1v) is 12.5. The van der Waals surface area contributed by atoms with E-state index >= 15 is 0 Å². The van der Waals surface area contributed by atoms with Gasteiger partial charge in [-0.25, -0.2) is 8.42 Å². The van der Waals surface area contributed by atoms with E-state index in [1.807, 2.05) is 11.8 Å². The molecule has 10 heteroatoms. The molecule has 0 saturated carbocycles. The summed E-state index contributed by atoms with van der Waals surface area (Å²) in [4.78, 5) is 29.1. The number of carbonyl (C=O) groups excluding carboxylic acids is 2. The number of ether oxygens (including phenoxy) is 1. The molecule has 2 saturated heterocycles. The van der Waals surface area contributed by atoms with Gasteiger partial charge >= 0.3 is 0 Å². The molecule has 2 aliphatic heterocycles. The van der Waals surface area contributed by atoms with E-state index in [4.69, 9.17) is 4.74 Å². The Morgan fingerprint density at radius 2 is 1.88 bits per heavy atom. The Labute approximate surface area is 190 Å². The lowest BCUT2D eigenvalue weighted by atomic mass is 9.95. The molecular formula is C22H34N4O5S. The maximum atomic E-state index is 13.1. The Balaban J connectivity index is 1.71. The van der Waals surface area contributed by atoms with E-state index in [0.29, 0.717) is 44.1 Å². The van der Waals surface area contributed by atoms with Crippen molar-refractivity contribution in [2.75, 3.05) is 58.8 Å². The average molecular weight is 467 g/mol. The van der Waals surface area contributed by atoms with Gasteiger partial charge in [-0.05, 0) is 50.9 Å². The van der Waals surface area contributed by atoms with Gasteiger partial charge in [0.25, 0.3) is 0 Å². The van der Waals surface area contributed by atoms with Crippen LogP contribution in [0, 0.1) is 12.8 Å². The van der Waals surface area contributed by atoms with Gasteiger partial charge in [0.2, 0.25) is 21.8 Å². The Bertz CT molecular complexity index is 944. The molecule has 2 amide bonds. The fourth-order valence-corrected chi connectivity index (χ4v) is 5.88. The molecule has 1 aromatic rings. The topological polar surface area (TPSA) is 99.3 Å². The van der Waals surface area contributed by atoms with Crippen LogP contribution in [0.1, 0.15) is 25.3 Å². The van der Waals surface area contributed by atoms with Crippen LogP contribution in [-0.4, -0.2) is 93.9 Å². The first-order chi connectivity index (χ1) is 15.1. The highest BCUT2D eigenvalue weighted by Gasteiger charge is 2.32. The van der Waals surface area contributed by atoms with Crippen molar-refractivity contribution in [3.8, 4) is 0 Å². The largest absolute Gasteiger partial charge is 0.379 e. The molecule has 0 aromatic heterocycles. The summed E-state index contributed by atoms with van der Waals surface area (Å²) in [6.07, 6.45) is 1.68. The summed E-state index contributed by atoms with van der Waals surface area (Å²) >= 11 is 0. The van der Waals surface area contributed by atoms with Crippen molar-refractivity contribution in [1.29, 1.82) is 0 Å². The fraction of sp³-hybridized carbons (Fsp3) is 0.636. The van der Waals surface area contributed by atoms with Crippen LogP contribution in [0.2, 0.25) is 0 Å². The van der Waals surface area contributed by atoms with E-state index < -0.39 is 16.1 Å². The molecule has 2 fully saturated rings. The standard InChI is InChI=1S/C22H34N4O5S/c1-16-7-8-19(14-20(16)32(29,30)26-10-12-31-13-11-26)23-21(27)17(2)25-9-5-6-18(15-25)22(28)24(3)4/h7-8,14,17-18H,5-6,9-13,15H2,1-4H3,(H,23,27). The van der Waals surface area contributed by atoms with E-state index in [1.165, 1.54) is 10.4 Å². The molecule has 9 nitrogen and oxygen atoms in total. The van der Waals surface area contributed by atoms with E-state index in [-0.39, 0.29) is 22.6 Å². The minimum atomic E-state index is -3.67. The lowest BCUT2D eigenvalue weighted by Gasteiger charge is -2.36. The summed E-state index contributed by atoms with van der Waals surface area (Å²) in [5, 5.41) is 2.86. The average Bonchev–Trinajstić information content (AvgIpc) is 2.79. The molecule has 32 heavy (non-hydrogen) atoms. The Hall–Kier alpha value is -2.01. The molecule has 0 radical (unpaired) electrons. The third-order valence-corrected chi connectivity index (χ3v) is 8.25. The Morgan fingerprint density at radius 1 is 1.19 bits per heavy atom. The summed E-state index contributed by atoms with van der Waals surface area (Å²) in [5.74, 6) is -0.251. The zero-order chi connectivity index (χ0) is 23.5. The van der Waals surface area contributed by atoms with Crippen LogP contribution in [0.15, 0.2) is 23.1 Å². The number of hydrogen-bond acceptors (Lipinski definition) is 6. The van der Waals surface area contributed by atoms with Crippen molar-refractivity contribution in [2.24, 2.45) is 5.92 Å². The smallest absolute Gasteiger partial charge is 0.243 e. The molecule has 2 aliphatic rings. The lowest BCUT2D eigenvalue weighted by molar-refractivity contribution is -0.136. The molecule has 1 N–H and O–H groups in total. The number of anilines is 1. The van der Waals surface area contributed by atoms with E-state index in [2.05, 4.69) is 5.32 Å². The van der Waals surface area contributed by atoms with Crippen molar-refractivity contribution < 1.29 is 22.7 Å². The van der Waals surface area contributed by atoms with Crippen molar-refractivity contribution in [2.45, 2.75) is 37.6 Å². The second-order valence-electron chi connectivity index (χ2n) is 8.73. The maximum Gasteiger partial charge on any atom is 0.243 e. The minimum absolute atomic E-state index is 0.0822. The number of benzene rings is 1. The van der Waals surface area contributed by atoms with Gasteiger partial charge in [-0.1, -0.05) is 6.07 Å².